The van der Waals surface area contributed by atoms with Crippen molar-refractivity contribution in [3.05, 3.63) is 27.1 Å². The number of aliphatic hydroxyl groups is 1. The van der Waals surface area contributed by atoms with Crippen LogP contribution < -0.4 is 0 Å². The van der Waals surface area contributed by atoms with E-state index in [1.54, 1.807) is 6.07 Å². The van der Waals surface area contributed by atoms with Gasteiger partial charge in [-0.15, -0.1) is 0 Å². The molecule has 2 aromatic heterocycles. The van der Waals surface area contributed by atoms with Gasteiger partial charge in [0.25, 0.3) is 0 Å². The molecule has 2 aromatic rings. The maximum Gasteiger partial charge on any atom is 0.415 e. The fourth-order valence-electron chi connectivity index (χ4n) is 1.51. The first-order chi connectivity index (χ1) is 9.70. The van der Waals surface area contributed by atoms with Gasteiger partial charge < -0.3 is 9.63 Å². The summed E-state index contributed by atoms with van der Waals surface area (Å²) >= 11 is 6.47. The Hall–Kier alpha value is -1.00. The zero-order valence-corrected chi connectivity index (χ0v) is 13.6. The van der Waals surface area contributed by atoms with E-state index >= 15 is 0 Å². The van der Waals surface area contributed by atoms with E-state index in [1.165, 1.54) is 6.20 Å². The largest absolute Gasteiger partial charge is 0.415 e. The molecule has 0 aromatic carbocycles. The van der Waals surface area contributed by atoms with Gasteiger partial charge in [-0.1, -0.05) is 12.1 Å². The van der Waals surface area contributed by atoms with Gasteiger partial charge in [-0.05, 0) is 37.9 Å². The van der Waals surface area contributed by atoms with Crippen molar-refractivity contribution in [1.82, 2.24) is 15.1 Å². The molecule has 2 heterocycles. The second-order valence-electron chi connectivity index (χ2n) is 4.22. The van der Waals surface area contributed by atoms with Gasteiger partial charge in [-0.2, -0.15) is 18.2 Å². The molecule has 0 spiro atoms. The summed E-state index contributed by atoms with van der Waals surface area (Å²) in [5.41, 5.74) is 0.321. The molecular weight excluding hydrogens is 423 g/mol. The quantitative estimate of drug-likeness (QED) is 0.804. The van der Waals surface area contributed by atoms with Crippen molar-refractivity contribution in [1.29, 1.82) is 0 Å². The number of halogens is 5. The van der Waals surface area contributed by atoms with E-state index in [1.807, 2.05) is 0 Å². The van der Waals surface area contributed by atoms with Crippen LogP contribution in [0.2, 0.25) is 0 Å². The summed E-state index contributed by atoms with van der Waals surface area (Å²) in [5, 5.41) is 12.8. The number of alkyl halides is 3. The fourth-order valence-corrected chi connectivity index (χ4v) is 2.68. The van der Waals surface area contributed by atoms with Gasteiger partial charge in [0.15, 0.2) is 6.10 Å². The van der Waals surface area contributed by atoms with Gasteiger partial charge in [0.1, 0.15) is 5.69 Å². The summed E-state index contributed by atoms with van der Waals surface area (Å²) in [5.74, 6) is -1.66. The van der Waals surface area contributed by atoms with Gasteiger partial charge in [-0.3, -0.25) is 4.98 Å². The summed E-state index contributed by atoms with van der Waals surface area (Å²) in [7, 11) is 0. The number of rotatable bonds is 3. The molecule has 0 radical (unpaired) electrons. The summed E-state index contributed by atoms with van der Waals surface area (Å²) in [4.78, 5) is 7.91. The molecule has 0 bridgehead atoms. The van der Waals surface area contributed by atoms with E-state index in [-0.39, 0.29) is 11.7 Å². The zero-order valence-electron chi connectivity index (χ0n) is 10.4. The Balaban J connectivity index is 2.30. The van der Waals surface area contributed by atoms with Crippen LogP contribution in [0.15, 0.2) is 25.7 Å². The van der Waals surface area contributed by atoms with Crippen LogP contribution in [0.3, 0.4) is 0 Å². The standard InChI is InChI=1S/C11H8Br2F3N3O2/c1-4(8(20)11(14,15)16)10-18-9(19-21-10)7-6(13)2-5(12)3-17-7/h2-4,8,20H,1H3. The van der Waals surface area contributed by atoms with Gasteiger partial charge in [0.2, 0.25) is 11.7 Å². The summed E-state index contributed by atoms with van der Waals surface area (Å²) in [6.07, 6.45) is -5.85. The number of nitrogens with zero attached hydrogens (tertiary/aromatic N) is 3. The lowest BCUT2D eigenvalue weighted by Crippen LogP contribution is -2.33. The molecule has 114 valence electrons. The van der Waals surface area contributed by atoms with Gasteiger partial charge in [0.05, 0.1) is 5.92 Å². The van der Waals surface area contributed by atoms with Gasteiger partial charge in [0, 0.05) is 15.1 Å². The van der Waals surface area contributed by atoms with Crippen molar-refractivity contribution in [3.8, 4) is 11.5 Å². The van der Waals surface area contributed by atoms with Crippen molar-refractivity contribution in [3.63, 3.8) is 0 Å². The molecule has 21 heavy (non-hydrogen) atoms. The predicted octanol–water partition coefficient (Wildman–Crippen LogP) is 3.68. The van der Waals surface area contributed by atoms with E-state index < -0.39 is 18.2 Å². The number of pyridine rings is 1. The third-order valence-electron chi connectivity index (χ3n) is 2.66. The van der Waals surface area contributed by atoms with Crippen LogP contribution in [-0.4, -0.2) is 32.5 Å². The second kappa shape index (κ2) is 6.01. The first kappa shape index (κ1) is 16.4. The van der Waals surface area contributed by atoms with Crippen LogP contribution in [0.5, 0.6) is 0 Å². The highest BCUT2D eigenvalue weighted by Crippen LogP contribution is 2.32. The lowest BCUT2D eigenvalue weighted by atomic mass is 10.0. The molecule has 2 rings (SSSR count). The van der Waals surface area contributed by atoms with Crippen LogP contribution in [0, 0.1) is 0 Å². The smallest absolute Gasteiger partial charge is 0.383 e. The zero-order chi connectivity index (χ0) is 15.8. The normalized spacial score (nSPS) is 15.0. The monoisotopic (exact) mass is 429 g/mol. The number of aromatic nitrogens is 3. The van der Waals surface area contributed by atoms with E-state index in [0.717, 1.165) is 6.92 Å². The molecular formula is C11H8Br2F3N3O2. The van der Waals surface area contributed by atoms with Crippen LogP contribution in [0.25, 0.3) is 11.5 Å². The van der Waals surface area contributed by atoms with Crippen molar-refractivity contribution in [2.45, 2.75) is 25.1 Å². The Morgan fingerprint density at radius 3 is 2.57 bits per heavy atom. The minimum atomic E-state index is -4.76. The minimum absolute atomic E-state index is 0.0330. The van der Waals surface area contributed by atoms with Crippen LogP contribution >= 0.6 is 31.9 Å². The molecule has 0 fully saturated rings. The predicted molar refractivity (Wildman–Crippen MR) is 73.4 cm³/mol. The van der Waals surface area contributed by atoms with Crippen molar-refractivity contribution < 1.29 is 22.8 Å². The van der Waals surface area contributed by atoms with Crippen LogP contribution in [0.1, 0.15) is 18.7 Å². The molecule has 0 saturated carbocycles. The maximum absolute atomic E-state index is 12.5. The summed E-state index contributed by atoms with van der Waals surface area (Å²) in [6.45, 7) is 1.15. The summed E-state index contributed by atoms with van der Waals surface area (Å²) in [6, 6.07) is 1.69. The Bertz CT molecular complexity index is 648. The molecule has 1 N–H and O–H groups in total. The maximum atomic E-state index is 12.5. The third-order valence-corrected chi connectivity index (χ3v) is 3.70. The highest BCUT2D eigenvalue weighted by molar-refractivity contribution is 9.11. The summed E-state index contributed by atoms with van der Waals surface area (Å²) < 4.78 is 43.4. The van der Waals surface area contributed by atoms with Gasteiger partial charge >= 0.3 is 6.18 Å². The molecule has 0 aliphatic rings. The molecule has 2 atom stereocenters. The van der Waals surface area contributed by atoms with E-state index in [4.69, 9.17) is 4.52 Å². The molecule has 0 aliphatic carbocycles. The average Bonchev–Trinajstić information content (AvgIpc) is 2.85. The van der Waals surface area contributed by atoms with Crippen molar-refractivity contribution in [2.75, 3.05) is 0 Å². The molecule has 10 heteroatoms. The molecule has 5 nitrogen and oxygen atoms in total. The first-order valence-corrected chi connectivity index (χ1v) is 7.18. The molecule has 2 unspecified atom stereocenters. The fraction of sp³-hybridized carbons (Fsp3) is 0.364. The number of hydrogen-bond donors (Lipinski definition) is 1. The lowest BCUT2D eigenvalue weighted by molar-refractivity contribution is -0.210. The number of hydrogen-bond acceptors (Lipinski definition) is 5. The highest BCUT2D eigenvalue weighted by Gasteiger charge is 2.44. The Morgan fingerprint density at radius 1 is 1.33 bits per heavy atom. The van der Waals surface area contributed by atoms with Crippen molar-refractivity contribution in [2.24, 2.45) is 0 Å². The Kier molecular flexibility index (Phi) is 4.69. The SMILES string of the molecule is CC(c1nc(-c2ncc(Br)cc2Br)no1)C(O)C(F)(F)F. The van der Waals surface area contributed by atoms with Crippen LogP contribution in [-0.2, 0) is 0 Å². The van der Waals surface area contributed by atoms with Crippen LogP contribution in [0.4, 0.5) is 13.2 Å². The van der Waals surface area contributed by atoms with E-state index in [9.17, 15) is 18.3 Å². The van der Waals surface area contributed by atoms with Crippen molar-refractivity contribution >= 4 is 31.9 Å². The van der Waals surface area contributed by atoms with Gasteiger partial charge in [-0.25, -0.2) is 0 Å². The number of aliphatic hydroxyl groups excluding tert-OH is 1. The molecule has 0 aliphatic heterocycles. The minimum Gasteiger partial charge on any atom is -0.383 e. The lowest BCUT2D eigenvalue weighted by Gasteiger charge is -2.17. The Labute approximate surface area is 133 Å². The molecule has 0 saturated heterocycles. The second-order valence-corrected chi connectivity index (χ2v) is 5.99. The highest BCUT2D eigenvalue weighted by atomic mass is 79.9. The molecule has 0 amide bonds. The van der Waals surface area contributed by atoms with E-state index in [0.29, 0.717) is 14.6 Å². The Morgan fingerprint density at radius 2 is 2.00 bits per heavy atom. The third kappa shape index (κ3) is 3.61. The first-order valence-electron chi connectivity index (χ1n) is 5.60. The van der Waals surface area contributed by atoms with E-state index in [2.05, 4.69) is 47.0 Å². The topological polar surface area (TPSA) is 72.0 Å². The average molecular weight is 431 g/mol.